The number of amides is 1. The molecule has 0 rings (SSSR count). The van der Waals surface area contributed by atoms with Crippen LogP contribution in [0.4, 0.5) is 0 Å². The van der Waals surface area contributed by atoms with E-state index in [9.17, 15) is 20.1 Å². The fourth-order valence-electron chi connectivity index (χ4n) is 1.36. The van der Waals surface area contributed by atoms with Gasteiger partial charge in [-0.15, -0.1) is 0 Å². The first-order valence-corrected chi connectivity index (χ1v) is 5.69. The van der Waals surface area contributed by atoms with Gasteiger partial charge in [0.15, 0.2) is 0 Å². The normalized spacial score (nSPS) is 19.5. The predicted molar refractivity (Wildman–Crippen MR) is 64.0 cm³/mol. The molecule has 0 aromatic rings. The number of carbonyl (C=O) groups is 1. The highest BCUT2D eigenvalue weighted by Crippen LogP contribution is 2.04. The predicted octanol–water partition coefficient (Wildman–Crippen LogP) is -4.49. The van der Waals surface area contributed by atoms with E-state index in [-0.39, 0.29) is 13.2 Å². The maximum absolute atomic E-state index is 11.0. The van der Waals surface area contributed by atoms with Crippen molar-refractivity contribution in [1.29, 1.82) is 0 Å². The molecule has 0 unspecified atom stereocenters. The molecule has 0 heterocycles. The van der Waals surface area contributed by atoms with Gasteiger partial charge in [-0.05, 0) is 0 Å². The number of rotatable bonds is 10. The lowest BCUT2D eigenvalue weighted by atomic mass is 10.0. The molecule has 0 spiro atoms. The van der Waals surface area contributed by atoms with Gasteiger partial charge in [0.05, 0.1) is 19.3 Å². The highest BCUT2D eigenvalue weighted by atomic mass is 16.5. The third-order valence-electron chi connectivity index (χ3n) is 2.58. The number of hydrogen-bond donors (Lipinski definition) is 7. The fraction of sp³-hybridized carbons (Fsp3) is 0.900. The first-order chi connectivity index (χ1) is 8.84. The second kappa shape index (κ2) is 9.15. The number of carbonyl (C=O) groups excluding carboxylic acids is 1. The Bertz CT molecular complexity index is 266. The Morgan fingerprint density at radius 2 is 1.74 bits per heavy atom. The van der Waals surface area contributed by atoms with Crippen LogP contribution in [0.3, 0.4) is 0 Å². The first kappa shape index (κ1) is 18.2. The number of nitrogens with one attached hydrogen (secondary N) is 1. The summed E-state index contributed by atoms with van der Waals surface area (Å²) in [5, 5.41) is 48.7. The van der Waals surface area contributed by atoms with Crippen LogP contribution in [0.2, 0.25) is 0 Å². The Labute approximate surface area is 110 Å². The van der Waals surface area contributed by atoms with Gasteiger partial charge in [-0.3, -0.25) is 4.79 Å². The van der Waals surface area contributed by atoms with Crippen LogP contribution in [-0.4, -0.2) is 88.8 Å². The zero-order chi connectivity index (χ0) is 15.0. The molecule has 0 aromatic carbocycles. The highest BCUT2D eigenvalue weighted by molar-refractivity contribution is 5.79. The Balaban J connectivity index is 4.28. The van der Waals surface area contributed by atoms with E-state index in [1.165, 1.54) is 7.11 Å². The monoisotopic (exact) mass is 282 g/mol. The lowest BCUT2D eigenvalue weighted by Gasteiger charge is -2.26. The minimum absolute atomic E-state index is 0.0139. The van der Waals surface area contributed by atoms with Gasteiger partial charge in [-0.1, -0.05) is 0 Å². The Morgan fingerprint density at radius 3 is 2.16 bits per heavy atom. The SMILES string of the molecule is COC[C@H](NC[C@H](O)[C@@H](O)[C@H](O)[C@H](O)CO)C(N)=O. The van der Waals surface area contributed by atoms with Gasteiger partial charge in [0.2, 0.25) is 5.91 Å². The number of ether oxygens (including phenoxy) is 1. The topological polar surface area (TPSA) is 166 Å². The molecule has 0 radical (unpaired) electrons. The van der Waals surface area contributed by atoms with Gasteiger partial charge in [0, 0.05) is 13.7 Å². The summed E-state index contributed by atoms with van der Waals surface area (Å²) >= 11 is 0. The van der Waals surface area contributed by atoms with Crippen molar-refractivity contribution >= 4 is 5.91 Å². The smallest absolute Gasteiger partial charge is 0.236 e. The summed E-state index contributed by atoms with van der Waals surface area (Å²) in [5.41, 5.74) is 5.07. The van der Waals surface area contributed by atoms with Crippen molar-refractivity contribution in [2.24, 2.45) is 5.73 Å². The summed E-state index contributed by atoms with van der Waals surface area (Å²) in [6, 6.07) is -0.855. The molecule has 0 bridgehead atoms. The second-order valence-corrected chi connectivity index (χ2v) is 4.12. The van der Waals surface area contributed by atoms with E-state index in [4.69, 9.17) is 20.7 Å². The minimum atomic E-state index is -1.71. The summed E-state index contributed by atoms with van der Waals surface area (Å²) < 4.78 is 4.73. The van der Waals surface area contributed by atoms with Gasteiger partial charge < -0.3 is 41.3 Å². The maximum Gasteiger partial charge on any atom is 0.236 e. The third kappa shape index (κ3) is 6.25. The molecule has 0 saturated heterocycles. The molecule has 0 saturated carbocycles. The average molecular weight is 282 g/mol. The van der Waals surface area contributed by atoms with E-state index in [0.717, 1.165) is 0 Å². The first-order valence-electron chi connectivity index (χ1n) is 5.69. The van der Waals surface area contributed by atoms with E-state index in [1.54, 1.807) is 0 Å². The van der Waals surface area contributed by atoms with Crippen LogP contribution in [0.5, 0.6) is 0 Å². The molecular formula is C10H22N2O7. The molecule has 5 atom stereocenters. The molecular weight excluding hydrogens is 260 g/mol. The summed E-state index contributed by atoms with van der Waals surface area (Å²) in [4.78, 5) is 11.0. The number of nitrogens with two attached hydrogens (primary N) is 1. The van der Waals surface area contributed by atoms with Crippen LogP contribution < -0.4 is 11.1 Å². The Kier molecular flexibility index (Phi) is 8.76. The fourth-order valence-corrected chi connectivity index (χ4v) is 1.36. The number of aliphatic hydroxyl groups is 5. The van der Waals surface area contributed by atoms with Crippen LogP contribution in [0.25, 0.3) is 0 Å². The van der Waals surface area contributed by atoms with Crippen molar-refractivity contribution in [1.82, 2.24) is 5.32 Å². The number of hydrogen-bond acceptors (Lipinski definition) is 8. The van der Waals surface area contributed by atoms with Crippen molar-refractivity contribution in [3.05, 3.63) is 0 Å². The molecule has 0 aliphatic heterocycles. The summed E-state index contributed by atoms with van der Waals surface area (Å²) in [6.45, 7) is -1.03. The summed E-state index contributed by atoms with van der Waals surface area (Å²) in [5.74, 6) is -0.695. The number of aliphatic hydroxyl groups excluding tert-OH is 5. The van der Waals surface area contributed by atoms with Gasteiger partial charge in [-0.2, -0.15) is 0 Å². The number of primary amides is 1. The zero-order valence-corrected chi connectivity index (χ0v) is 10.6. The van der Waals surface area contributed by atoms with Crippen molar-refractivity contribution in [3.8, 4) is 0 Å². The maximum atomic E-state index is 11.0. The average Bonchev–Trinajstić information content (AvgIpc) is 2.39. The molecule has 0 fully saturated rings. The van der Waals surface area contributed by atoms with Crippen molar-refractivity contribution in [3.63, 3.8) is 0 Å². The lowest BCUT2D eigenvalue weighted by Crippen LogP contribution is -2.52. The summed E-state index contributed by atoms with van der Waals surface area (Å²) in [6.07, 6.45) is -6.44. The third-order valence-corrected chi connectivity index (χ3v) is 2.58. The molecule has 8 N–H and O–H groups in total. The molecule has 114 valence electrons. The largest absolute Gasteiger partial charge is 0.394 e. The van der Waals surface area contributed by atoms with Crippen LogP contribution in [0, 0.1) is 0 Å². The molecule has 0 aromatic heterocycles. The van der Waals surface area contributed by atoms with Crippen molar-refractivity contribution < 1.29 is 35.1 Å². The molecule has 19 heavy (non-hydrogen) atoms. The Hall–Kier alpha value is -0.810. The van der Waals surface area contributed by atoms with Crippen LogP contribution >= 0.6 is 0 Å². The molecule has 0 aliphatic rings. The Morgan fingerprint density at radius 1 is 1.21 bits per heavy atom. The quantitative estimate of drug-likeness (QED) is 0.210. The standard InChI is InChI=1S/C10H22N2O7/c1-19-4-5(10(11)18)12-2-6(14)8(16)9(17)7(15)3-13/h5-9,12-17H,2-4H2,1H3,(H2,11,18)/t5-,6-,7+,8+,9+/m0/s1. The number of methoxy groups -OCH3 is 1. The lowest BCUT2D eigenvalue weighted by molar-refractivity contribution is -0.123. The molecule has 9 heteroatoms. The van der Waals surface area contributed by atoms with E-state index in [1.807, 2.05) is 0 Å². The summed E-state index contributed by atoms with van der Waals surface area (Å²) in [7, 11) is 1.37. The van der Waals surface area contributed by atoms with Gasteiger partial charge in [-0.25, -0.2) is 0 Å². The molecule has 0 aliphatic carbocycles. The molecule has 9 nitrogen and oxygen atoms in total. The van der Waals surface area contributed by atoms with E-state index in [2.05, 4.69) is 5.32 Å². The zero-order valence-electron chi connectivity index (χ0n) is 10.6. The van der Waals surface area contributed by atoms with Crippen molar-refractivity contribution in [2.75, 3.05) is 26.9 Å². The highest BCUT2D eigenvalue weighted by Gasteiger charge is 2.30. The minimum Gasteiger partial charge on any atom is -0.394 e. The molecule has 1 amide bonds. The van der Waals surface area contributed by atoms with E-state index < -0.39 is 43.0 Å². The van der Waals surface area contributed by atoms with Crippen LogP contribution in [0.15, 0.2) is 0 Å². The van der Waals surface area contributed by atoms with E-state index in [0.29, 0.717) is 0 Å². The van der Waals surface area contributed by atoms with Gasteiger partial charge in [0.1, 0.15) is 24.4 Å². The van der Waals surface area contributed by atoms with Crippen LogP contribution in [-0.2, 0) is 9.53 Å². The van der Waals surface area contributed by atoms with E-state index >= 15 is 0 Å². The van der Waals surface area contributed by atoms with Crippen LogP contribution in [0.1, 0.15) is 0 Å². The van der Waals surface area contributed by atoms with Gasteiger partial charge >= 0.3 is 0 Å². The second-order valence-electron chi connectivity index (χ2n) is 4.12. The van der Waals surface area contributed by atoms with Crippen molar-refractivity contribution in [2.45, 2.75) is 30.5 Å². The van der Waals surface area contributed by atoms with Gasteiger partial charge in [0.25, 0.3) is 0 Å².